The number of hydrogen-bond donors (Lipinski definition) is 1. The molecule has 1 fully saturated rings. The van der Waals surface area contributed by atoms with Crippen molar-refractivity contribution in [3.63, 3.8) is 0 Å². The summed E-state index contributed by atoms with van der Waals surface area (Å²) in [6.45, 7) is 6.94. The second-order valence-electron chi connectivity index (χ2n) is 4.89. The van der Waals surface area contributed by atoms with Gasteiger partial charge in [-0.3, -0.25) is 9.88 Å². The smallest absolute Gasteiger partial charge is 0.180 e. The molecule has 2 N–H and O–H groups in total. The van der Waals surface area contributed by atoms with Crippen molar-refractivity contribution < 1.29 is 0 Å². The van der Waals surface area contributed by atoms with Gasteiger partial charge >= 0.3 is 0 Å². The summed E-state index contributed by atoms with van der Waals surface area (Å²) >= 11 is 1.57. The molecule has 0 saturated carbocycles. The van der Waals surface area contributed by atoms with Crippen LogP contribution in [0.15, 0.2) is 18.6 Å². The highest BCUT2D eigenvalue weighted by Gasteiger charge is 2.20. The van der Waals surface area contributed by atoms with E-state index in [1.807, 2.05) is 13.1 Å². The first-order valence-corrected chi connectivity index (χ1v) is 7.49. The van der Waals surface area contributed by atoms with Crippen LogP contribution in [-0.2, 0) is 6.54 Å². The lowest BCUT2D eigenvalue weighted by Crippen LogP contribution is -2.46. The Hall–Kier alpha value is -1.73. The number of nitrogens with two attached hydrogens (primary N) is 1. The maximum absolute atomic E-state index is 5.66. The van der Waals surface area contributed by atoms with Gasteiger partial charge in [0.25, 0.3) is 0 Å². The molecule has 2 aromatic heterocycles. The fourth-order valence-corrected chi connectivity index (χ4v) is 3.17. The molecule has 20 heavy (non-hydrogen) atoms. The Kier molecular flexibility index (Phi) is 3.79. The van der Waals surface area contributed by atoms with Crippen molar-refractivity contribution in [1.29, 1.82) is 0 Å². The van der Waals surface area contributed by atoms with Crippen LogP contribution in [0.5, 0.6) is 0 Å². The lowest BCUT2D eigenvalue weighted by atomic mass is 10.3. The molecule has 0 bridgehead atoms. The minimum Gasteiger partial charge on any atom is -0.375 e. The first-order chi connectivity index (χ1) is 9.72. The van der Waals surface area contributed by atoms with E-state index in [1.54, 1.807) is 23.7 Å². The van der Waals surface area contributed by atoms with Crippen LogP contribution in [0.2, 0.25) is 0 Å². The van der Waals surface area contributed by atoms with Crippen LogP contribution in [0.1, 0.15) is 10.6 Å². The van der Waals surface area contributed by atoms with Crippen LogP contribution in [0, 0.1) is 6.92 Å². The summed E-state index contributed by atoms with van der Waals surface area (Å²) in [4.78, 5) is 18.8. The zero-order chi connectivity index (χ0) is 13.9. The Morgan fingerprint density at radius 2 is 1.90 bits per heavy atom. The van der Waals surface area contributed by atoms with Gasteiger partial charge in [0.2, 0.25) is 0 Å². The highest BCUT2D eigenvalue weighted by atomic mass is 32.1. The number of aromatic nitrogens is 3. The predicted molar refractivity (Wildman–Crippen MR) is 80.8 cm³/mol. The van der Waals surface area contributed by atoms with Crippen molar-refractivity contribution in [2.45, 2.75) is 13.5 Å². The second-order valence-corrected chi connectivity index (χ2v) is 6.04. The van der Waals surface area contributed by atoms with Gasteiger partial charge in [-0.25, -0.2) is 9.97 Å². The molecule has 0 atom stereocenters. The summed E-state index contributed by atoms with van der Waals surface area (Å²) in [6, 6.07) is 0. The van der Waals surface area contributed by atoms with E-state index in [4.69, 9.17) is 5.73 Å². The van der Waals surface area contributed by atoms with Gasteiger partial charge in [-0.05, 0) is 6.92 Å². The number of piperazine rings is 1. The third-order valence-corrected chi connectivity index (χ3v) is 4.29. The quantitative estimate of drug-likeness (QED) is 0.914. The maximum Gasteiger partial charge on any atom is 0.180 e. The predicted octanol–water partition coefficient (Wildman–Crippen LogP) is 1.15. The number of nitrogen functional groups attached to an aromatic ring is 1. The van der Waals surface area contributed by atoms with Crippen molar-refractivity contribution in [2.24, 2.45) is 0 Å². The van der Waals surface area contributed by atoms with E-state index in [-0.39, 0.29) is 0 Å². The van der Waals surface area contributed by atoms with Crippen LogP contribution in [-0.4, -0.2) is 46.0 Å². The zero-order valence-electron chi connectivity index (χ0n) is 11.5. The van der Waals surface area contributed by atoms with Gasteiger partial charge in [-0.15, -0.1) is 11.3 Å². The van der Waals surface area contributed by atoms with E-state index in [9.17, 15) is 0 Å². The van der Waals surface area contributed by atoms with Crippen molar-refractivity contribution in [2.75, 3.05) is 36.8 Å². The SMILES string of the molecule is Cc1nccnc1N1CCN(Cc2cnc(N)s2)CC1. The minimum atomic E-state index is 0.647. The zero-order valence-corrected chi connectivity index (χ0v) is 12.3. The van der Waals surface area contributed by atoms with Gasteiger partial charge in [-0.1, -0.05) is 0 Å². The average Bonchev–Trinajstić information content (AvgIpc) is 2.86. The number of anilines is 2. The van der Waals surface area contributed by atoms with Crippen molar-refractivity contribution in [3.8, 4) is 0 Å². The number of nitrogens with zero attached hydrogens (tertiary/aromatic N) is 5. The first kappa shape index (κ1) is 13.3. The van der Waals surface area contributed by atoms with Gasteiger partial charge in [0.15, 0.2) is 5.13 Å². The van der Waals surface area contributed by atoms with Gasteiger partial charge in [0.1, 0.15) is 5.82 Å². The largest absolute Gasteiger partial charge is 0.375 e. The topological polar surface area (TPSA) is 71.2 Å². The van der Waals surface area contributed by atoms with E-state index in [1.165, 1.54) is 4.88 Å². The van der Waals surface area contributed by atoms with Crippen molar-refractivity contribution in [1.82, 2.24) is 19.9 Å². The fraction of sp³-hybridized carbons (Fsp3) is 0.462. The molecule has 6 nitrogen and oxygen atoms in total. The van der Waals surface area contributed by atoms with Gasteiger partial charge in [-0.2, -0.15) is 0 Å². The van der Waals surface area contributed by atoms with Gasteiger partial charge < -0.3 is 10.6 Å². The molecular weight excluding hydrogens is 272 g/mol. The molecule has 1 aliphatic rings. The summed E-state index contributed by atoms with van der Waals surface area (Å²) in [5, 5.41) is 0.647. The number of thiazole rings is 1. The van der Waals surface area contributed by atoms with Crippen LogP contribution >= 0.6 is 11.3 Å². The highest BCUT2D eigenvalue weighted by molar-refractivity contribution is 7.15. The summed E-state index contributed by atoms with van der Waals surface area (Å²) in [5.74, 6) is 1.01. The molecule has 0 aromatic carbocycles. The Bertz CT molecular complexity index is 576. The second kappa shape index (κ2) is 5.72. The standard InChI is InChI=1S/C13H18N6S/c1-10-12(16-3-2-15-10)19-6-4-18(5-7-19)9-11-8-17-13(14)20-11/h2-3,8H,4-7,9H2,1H3,(H2,14,17). The number of hydrogen-bond acceptors (Lipinski definition) is 7. The van der Waals surface area contributed by atoms with E-state index >= 15 is 0 Å². The molecule has 2 aromatic rings. The van der Waals surface area contributed by atoms with E-state index < -0.39 is 0 Å². The lowest BCUT2D eigenvalue weighted by Gasteiger charge is -2.35. The summed E-state index contributed by atoms with van der Waals surface area (Å²) in [5.41, 5.74) is 6.66. The molecule has 0 aliphatic carbocycles. The van der Waals surface area contributed by atoms with Crippen molar-refractivity contribution in [3.05, 3.63) is 29.2 Å². The molecule has 0 amide bonds. The van der Waals surface area contributed by atoms with Crippen LogP contribution < -0.4 is 10.6 Å². The molecule has 0 spiro atoms. The molecular formula is C13H18N6S. The number of aryl methyl sites for hydroxylation is 1. The van der Waals surface area contributed by atoms with Crippen LogP contribution in [0.3, 0.4) is 0 Å². The molecule has 1 aliphatic heterocycles. The minimum absolute atomic E-state index is 0.647. The highest BCUT2D eigenvalue weighted by Crippen LogP contribution is 2.19. The molecule has 1 saturated heterocycles. The molecule has 0 radical (unpaired) electrons. The monoisotopic (exact) mass is 290 g/mol. The Morgan fingerprint density at radius 3 is 2.55 bits per heavy atom. The molecule has 106 valence electrons. The van der Waals surface area contributed by atoms with E-state index in [0.29, 0.717) is 5.13 Å². The third-order valence-electron chi connectivity index (χ3n) is 3.48. The third kappa shape index (κ3) is 2.88. The normalized spacial score (nSPS) is 16.6. The summed E-state index contributed by atoms with van der Waals surface area (Å²) < 4.78 is 0. The molecule has 7 heteroatoms. The number of rotatable bonds is 3. The van der Waals surface area contributed by atoms with E-state index in [2.05, 4.69) is 24.8 Å². The Labute approximate surface area is 122 Å². The summed E-state index contributed by atoms with van der Waals surface area (Å²) in [7, 11) is 0. The average molecular weight is 290 g/mol. The summed E-state index contributed by atoms with van der Waals surface area (Å²) in [6.07, 6.45) is 5.37. The fourth-order valence-electron chi connectivity index (χ4n) is 2.44. The van der Waals surface area contributed by atoms with Gasteiger partial charge in [0.05, 0.1) is 5.69 Å². The van der Waals surface area contributed by atoms with Crippen LogP contribution in [0.25, 0.3) is 0 Å². The first-order valence-electron chi connectivity index (χ1n) is 6.67. The Morgan fingerprint density at radius 1 is 1.15 bits per heavy atom. The molecule has 3 heterocycles. The van der Waals surface area contributed by atoms with E-state index in [0.717, 1.165) is 44.2 Å². The van der Waals surface area contributed by atoms with Crippen LogP contribution in [0.4, 0.5) is 10.9 Å². The lowest BCUT2D eigenvalue weighted by molar-refractivity contribution is 0.251. The van der Waals surface area contributed by atoms with Crippen molar-refractivity contribution >= 4 is 22.3 Å². The Balaban J connectivity index is 1.58. The molecule has 0 unspecified atom stereocenters. The van der Waals surface area contributed by atoms with Gasteiger partial charge in [0, 0.05) is 56.2 Å². The molecule has 3 rings (SSSR count). The maximum atomic E-state index is 5.66.